The fraction of sp³-hybridized carbons (Fsp3) is 0.964. The van der Waals surface area contributed by atoms with Crippen molar-refractivity contribution in [3.05, 3.63) is 0 Å². The van der Waals surface area contributed by atoms with E-state index in [1.165, 1.54) is 108 Å². The molecule has 1 saturated heterocycles. The number of carbonyl (C=O) groups excluding carboxylic acids is 1. The molecule has 0 bridgehead atoms. The molecule has 0 amide bonds. The van der Waals surface area contributed by atoms with Gasteiger partial charge in [-0.1, -0.05) is 116 Å². The van der Waals surface area contributed by atoms with Crippen LogP contribution in [-0.4, -0.2) is 39.9 Å². The van der Waals surface area contributed by atoms with Gasteiger partial charge >= 0.3 is 8.80 Å². The molecule has 208 valence electrons. The van der Waals surface area contributed by atoms with Crippen molar-refractivity contribution in [1.82, 2.24) is 5.48 Å². The van der Waals surface area contributed by atoms with E-state index in [0.29, 0.717) is 24.1 Å². The second kappa shape index (κ2) is 23.2. The highest BCUT2D eigenvalue weighted by Gasteiger charge is 2.41. The zero-order chi connectivity index (χ0) is 25.5. The van der Waals surface area contributed by atoms with Crippen LogP contribution in [0.5, 0.6) is 0 Å². The van der Waals surface area contributed by atoms with E-state index in [2.05, 4.69) is 19.3 Å². The fourth-order valence-electron chi connectivity index (χ4n) is 4.69. The Balaban J connectivity index is 2.09. The van der Waals surface area contributed by atoms with Crippen LogP contribution >= 0.6 is 11.8 Å². The van der Waals surface area contributed by atoms with Gasteiger partial charge in [-0.3, -0.25) is 9.32 Å². The van der Waals surface area contributed by atoms with Crippen LogP contribution in [-0.2, 0) is 18.2 Å². The van der Waals surface area contributed by atoms with Crippen LogP contribution < -0.4 is 5.48 Å². The van der Waals surface area contributed by atoms with Crippen molar-refractivity contribution in [2.45, 2.75) is 142 Å². The summed E-state index contributed by atoms with van der Waals surface area (Å²) in [7, 11) is -0.983. The minimum Gasteiger partial charge on any atom is -0.376 e. The predicted octanol–water partition coefficient (Wildman–Crippen LogP) is 8.45. The highest BCUT2D eigenvalue weighted by atomic mass is 32.2. The number of nitrogens with one attached hydrogen (secondary N) is 1. The molecule has 0 radical (unpaired) electrons. The van der Waals surface area contributed by atoms with E-state index < -0.39 is 8.80 Å². The Kier molecular flexibility index (Phi) is 22.0. The van der Waals surface area contributed by atoms with E-state index in [1.54, 1.807) is 7.11 Å². The van der Waals surface area contributed by atoms with E-state index in [0.717, 1.165) is 37.6 Å². The third-order valence-electron chi connectivity index (χ3n) is 7.10. The maximum atomic E-state index is 12.1. The normalized spacial score (nSPS) is 21.1. The van der Waals surface area contributed by atoms with Gasteiger partial charge in [0.1, 0.15) is 0 Å². The fourth-order valence-corrected chi connectivity index (χ4v) is 7.81. The SMILES string of the molecule is CCCCCCCCCCCCC1CCO[Si](CCCSC(=O)CCCCCCC)(OC)ONC1. The zero-order valence-corrected chi connectivity index (χ0v) is 25.2. The molecule has 0 aromatic heterocycles. The molecule has 5 nitrogen and oxygen atoms in total. The highest BCUT2D eigenvalue weighted by Crippen LogP contribution is 2.24. The second-order valence-electron chi connectivity index (χ2n) is 10.3. The van der Waals surface area contributed by atoms with E-state index in [-0.39, 0.29) is 0 Å². The van der Waals surface area contributed by atoms with Crippen LogP contribution in [0.25, 0.3) is 0 Å². The molecular formula is C28H57NO4SSi. The van der Waals surface area contributed by atoms with Crippen LogP contribution in [0.15, 0.2) is 0 Å². The number of rotatable bonds is 22. The lowest BCUT2D eigenvalue weighted by Gasteiger charge is -2.32. The lowest BCUT2D eigenvalue weighted by molar-refractivity contribution is -0.111. The summed E-state index contributed by atoms with van der Waals surface area (Å²) in [5.41, 5.74) is 3.20. The van der Waals surface area contributed by atoms with Crippen LogP contribution in [0.2, 0.25) is 6.04 Å². The number of hydrogen-bond acceptors (Lipinski definition) is 6. The third-order valence-corrected chi connectivity index (χ3v) is 10.8. The average molecular weight is 532 g/mol. The van der Waals surface area contributed by atoms with Gasteiger partial charge in [-0.15, -0.1) is 0 Å². The monoisotopic (exact) mass is 531 g/mol. The average Bonchev–Trinajstić information content (AvgIpc) is 2.85. The first-order chi connectivity index (χ1) is 17.2. The summed E-state index contributed by atoms with van der Waals surface area (Å²) >= 11 is 1.46. The largest absolute Gasteiger partial charge is 0.517 e. The molecule has 1 rings (SSSR count). The number of carbonyl (C=O) groups is 1. The van der Waals surface area contributed by atoms with Gasteiger partial charge in [0.05, 0.1) is 0 Å². The quantitative estimate of drug-likeness (QED) is 0.112. The van der Waals surface area contributed by atoms with Crippen molar-refractivity contribution in [2.75, 3.05) is 26.0 Å². The van der Waals surface area contributed by atoms with Gasteiger partial charge in [-0.25, -0.2) is 5.48 Å². The molecule has 0 aliphatic carbocycles. The van der Waals surface area contributed by atoms with Gasteiger partial charge in [0.15, 0.2) is 5.12 Å². The van der Waals surface area contributed by atoms with Crippen molar-refractivity contribution in [2.24, 2.45) is 5.92 Å². The van der Waals surface area contributed by atoms with Gasteiger partial charge in [-0.2, -0.15) is 0 Å². The van der Waals surface area contributed by atoms with Gasteiger partial charge in [0, 0.05) is 38.5 Å². The standard InChI is InChI=1S/C28H57NO4SSi/c1-4-6-8-10-11-12-13-14-16-17-20-27-22-23-32-35(31-3,33-29-26-27)25-19-24-34-28(30)21-18-15-9-7-5-2/h27,29H,4-26H2,1-3H3. The molecule has 0 aromatic carbocycles. The van der Waals surface area contributed by atoms with Gasteiger partial charge in [-0.05, 0) is 31.6 Å². The molecule has 1 aliphatic rings. The molecular weight excluding hydrogens is 474 g/mol. The minimum absolute atomic E-state index is 0.321. The van der Waals surface area contributed by atoms with Crippen molar-refractivity contribution in [3.8, 4) is 0 Å². The van der Waals surface area contributed by atoms with Crippen molar-refractivity contribution >= 4 is 25.7 Å². The van der Waals surface area contributed by atoms with Crippen LogP contribution in [0.4, 0.5) is 0 Å². The number of hydrogen-bond donors (Lipinski definition) is 1. The number of thioether (sulfide) groups is 1. The summed E-state index contributed by atoms with van der Waals surface area (Å²) in [6.45, 7) is 6.09. The van der Waals surface area contributed by atoms with Crippen LogP contribution in [0, 0.1) is 5.92 Å². The smallest absolute Gasteiger partial charge is 0.376 e. The maximum absolute atomic E-state index is 12.1. The van der Waals surface area contributed by atoms with Crippen molar-refractivity contribution in [1.29, 1.82) is 0 Å². The number of hydroxylamine groups is 1. The summed E-state index contributed by atoms with van der Waals surface area (Å²) < 4.78 is 18.0. The predicted molar refractivity (Wildman–Crippen MR) is 153 cm³/mol. The minimum atomic E-state index is -2.68. The van der Waals surface area contributed by atoms with Gasteiger partial charge in [0.25, 0.3) is 0 Å². The molecule has 7 heteroatoms. The lowest BCUT2D eigenvalue weighted by atomic mass is 9.97. The van der Waals surface area contributed by atoms with Crippen molar-refractivity contribution in [3.63, 3.8) is 0 Å². The molecule has 1 N–H and O–H groups in total. The Morgan fingerprint density at radius 1 is 0.886 bits per heavy atom. The maximum Gasteiger partial charge on any atom is 0.517 e. The lowest BCUT2D eigenvalue weighted by Crippen LogP contribution is -2.51. The summed E-state index contributed by atoms with van der Waals surface area (Å²) in [5, 5.41) is 0.321. The van der Waals surface area contributed by atoms with E-state index in [1.807, 2.05) is 0 Å². The second-order valence-corrected chi connectivity index (χ2v) is 14.2. The molecule has 2 atom stereocenters. The molecule has 35 heavy (non-hydrogen) atoms. The van der Waals surface area contributed by atoms with E-state index in [9.17, 15) is 4.79 Å². The van der Waals surface area contributed by atoms with E-state index in [4.69, 9.17) is 13.4 Å². The summed E-state index contributed by atoms with van der Waals surface area (Å²) in [5.74, 6) is 1.43. The molecule has 0 aromatic rings. The summed E-state index contributed by atoms with van der Waals surface area (Å²) in [6.07, 6.45) is 23.7. The summed E-state index contributed by atoms with van der Waals surface area (Å²) in [6, 6.07) is 0.760. The van der Waals surface area contributed by atoms with Crippen LogP contribution in [0.1, 0.15) is 136 Å². The van der Waals surface area contributed by atoms with Crippen LogP contribution in [0.3, 0.4) is 0 Å². The Morgan fingerprint density at radius 3 is 2.11 bits per heavy atom. The van der Waals surface area contributed by atoms with Gasteiger partial charge in [0.2, 0.25) is 0 Å². The summed E-state index contributed by atoms with van der Waals surface area (Å²) in [4.78, 5) is 12.1. The Labute approximate surface area is 222 Å². The Bertz CT molecular complexity index is 488. The zero-order valence-electron chi connectivity index (χ0n) is 23.4. The molecule has 2 unspecified atom stereocenters. The Hall–Kier alpha value is 0.0769. The van der Waals surface area contributed by atoms with Gasteiger partial charge < -0.3 is 8.85 Å². The topological polar surface area (TPSA) is 56.8 Å². The first kappa shape index (κ1) is 33.1. The molecule has 1 fully saturated rings. The first-order valence-corrected chi connectivity index (χ1v) is 17.8. The first-order valence-electron chi connectivity index (χ1n) is 14.9. The van der Waals surface area contributed by atoms with Crippen molar-refractivity contribution < 1.29 is 18.2 Å². The van der Waals surface area contributed by atoms with E-state index >= 15 is 0 Å². The molecule has 0 spiro atoms. The molecule has 0 saturated carbocycles. The number of unbranched alkanes of at least 4 members (excludes halogenated alkanes) is 13. The molecule has 1 aliphatic heterocycles. The Morgan fingerprint density at radius 2 is 1.49 bits per heavy atom. The third kappa shape index (κ3) is 18.0. The highest BCUT2D eigenvalue weighted by molar-refractivity contribution is 8.13. The molecule has 1 heterocycles.